The van der Waals surface area contributed by atoms with Crippen molar-refractivity contribution in [1.82, 2.24) is 9.97 Å². The average Bonchev–Trinajstić information content (AvgIpc) is 2.34. The Morgan fingerprint density at radius 3 is 2.35 bits per heavy atom. The number of anilines is 2. The number of nitrogen functional groups attached to an aromatic ring is 1. The van der Waals surface area contributed by atoms with Crippen LogP contribution in [0.15, 0.2) is 6.33 Å². The smallest absolute Gasteiger partial charge is 0.153 e. The van der Waals surface area contributed by atoms with E-state index in [1.165, 1.54) is 6.33 Å². The second-order valence-electron chi connectivity index (χ2n) is 3.37. The zero-order valence-electron chi connectivity index (χ0n) is 10.0. The van der Waals surface area contributed by atoms with Gasteiger partial charge >= 0.3 is 0 Å². The van der Waals surface area contributed by atoms with Crippen LogP contribution < -0.4 is 10.6 Å². The Morgan fingerprint density at radius 2 is 1.82 bits per heavy atom. The maximum Gasteiger partial charge on any atom is 0.153 e. The van der Waals surface area contributed by atoms with Crippen LogP contribution >= 0.6 is 11.6 Å². The van der Waals surface area contributed by atoms with Crippen LogP contribution in [0.2, 0.25) is 5.02 Å². The van der Waals surface area contributed by atoms with Gasteiger partial charge in [-0.15, -0.1) is 0 Å². The van der Waals surface area contributed by atoms with Gasteiger partial charge in [0.2, 0.25) is 0 Å². The van der Waals surface area contributed by atoms with E-state index in [1.54, 1.807) is 14.2 Å². The highest BCUT2D eigenvalue weighted by Crippen LogP contribution is 2.26. The van der Waals surface area contributed by atoms with Crippen LogP contribution in [0.1, 0.15) is 0 Å². The molecule has 96 valence electrons. The Balaban J connectivity index is 2.83. The highest BCUT2D eigenvalue weighted by Gasteiger charge is 2.14. The molecule has 1 rings (SSSR count). The third kappa shape index (κ3) is 3.99. The molecule has 0 saturated heterocycles. The Bertz CT molecular complexity index is 343. The van der Waals surface area contributed by atoms with Gasteiger partial charge in [0.15, 0.2) is 5.82 Å². The molecule has 7 heteroatoms. The first-order valence-corrected chi connectivity index (χ1v) is 5.57. The van der Waals surface area contributed by atoms with Crippen LogP contribution in [-0.4, -0.2) is 50.5 Å². The van der Waals surface area contributed by atoms with E-state index in [0.29, 0.717) is 37.1 Å². The Labute approximate surface area is 106 Å². The van der Waals surface area contributed by atoms with E-state index in [-0.39, 0.29) is 5.82 Å². The fraction of sp³-hybridized carbons (Fsp3) is 0.600. The number of rotatable bonds is 7. The molecule has 0 amide bonds. The summed E-state index contributed by atoms with van der Waals surface area (Å²) in [7, 11) is 3.29. The molecule has 0 unspecified atom stereocenters. The van der Waals surface area contributed by atoms with Crippen LogP contribution in [-0.2, 0) is 9.47 Å². The van der Waals surface area contributed by atoms with Gasteiger partial charge < -0.3 is 20.1 Å². The van der Waals surface area contributed by atoms with E-state index >= 15 is 0 Å². The van der Waals surface area contributed by atoms with Gasteiger partial charge in [0.05, 0.1) is 13.2 Å². The minimum atomic E-state index is 0.275. The monoisotopic (exact) mass is 260 g/mol. The minimum absolute atomic E-state index is 0.275. The summed E-state index contributed by atoms with van der Waals surface area (Å²) < 4.78 is 10.1. The molecule has 0 aromatic carbocycles. The van der Waals surface area contributed by atoms with Crippen molar-refractivity contribution in [1.29, 1.82) is 0 Å². The Hall–Kier alpha value is -1.11. The summed E-state index contributed by atoms with van der Waals surface area (Å²) in [5.74, 6) is 0.879. The predicted octanol–water partition coefficient (Wildman–Crippen LogP) is 0.811. The van der Waals surface area contributed by atoms with Gasteiger partial charge in [-0.05, 0) is 0 Å². The lowest BCUT2D eigenvalue weighted by Crippen LogP contribution is -2.31. The largest absolute Gasteiger partial charge is 0.383 e. The van der Waals surface area contributed by atoms with E-state index in [1.807, 2.05) is 4.90 Å². The fourth-order valence-corrected chi connectivity index (χ4v) is 1.54. The third-order valence-corrected chi connectivity index (χ3v) is 2.59. The van der Waals surface area contributed by atoms with E-state index in [2.05, 4.69) is 9.97 Å². The molecule has 0 atom stereocenters. The zero-order chi connectivity index (χ0) is 12.7. The van der Waals surface area contributed by atoms with Gasteiger partial charge in [0.1, 0.15) is 17.2 Å². The molecule has 0 aliphatic rings. The summed E-state index contributed by atoms with van der Waals surface area (Å²) in [6.07, 6.45) is 1.39. The topological polar surface area (TPSA) is 73.5 Å². The van der Waals surface area contributed by atoms with Crippen molar-refractivity contribution in [3.8, 4) is 0 Å². The lowest BCUT2D eigenvalue weighted by molar-refractivity contribution is 0.190. The van der Waals surface area contributed by atoms with Crippen molar-refractivity contribution in [2.45, 2.75) is 0 Å². The van der Waals surface area contributed by atoms with Crippen LogP contribution in [0, 0.1) is 0 Å². The molecule has 1 aromatic heterocycles. The Kier molecular flexibility index (Phi) is 5.96. The molecular formula is C10H17ClN4O2. The molecule has 0 radical (unpaired) electrons. The highest BCUT2D eigenvalue weighted by molar-refractivity contribution is 6.35. The fourth-order valence-electron chi connectivity index (χ4n) is 1.32. The molecule has 0 aliphatic carbocycles. The van der Waals surface area contributed by atoms with Crippen LogP contribution in [0.25, 0.3) is 0 Å². The van der Waals surface area contributed by atoms with Gasteiger partial charge in [0, 0.05) is 27.3 Å². The average molecular weight is 261 g/mol. The van der Waals surface area contributed by atoms with Crippen molar-refractivity contribution in [3.05, 3.63) is 11.3 Å². The molecule has 0 fully saturated rings. The number of ether oxygens (including phenoxy) is 2. The number of hydrogen-bond acceptors (Lipinski definition) is 6. The number of aromatic nitrogens is 2. The van der Waals surface area contributed by atoms with Gasteiger partial charge in [-0.2, -0.15) is 0 Å². The van der Waals surface area contributed by atoms with E-state index < -0.39 is 0 Å². The number of nitrogens with zero attached hydrogens (tertiary/aromatic N) is 3. The first-order valence-electron chi connectivity index (χ1n) is 5.19. The molecule has 0 bridgehead atoms. The third-order valence-electron chi connectivity index (χ3n) is 2.23. The van der Waals surface area contributed by atoms with Crippen molar-refractivity contribution in [3.63, 3.8) is 0 Å². The maximum atomic E-state index is 6.07. The number of halogens is 1. The van der Waals surface area contributed by atoms with Crippen LogP contribution in [0.3, 0.4) is 0 Å². The number of methoxy groups -OCH3 is 2. The van der Waals surface area contributed by atoms with Gasteiger partial charge in [-0.25, -0.2) is 9.97 Å². The van der Waals surface area contributed by atoms with Crippen molar-refractivity contribution >= 4 is 23.2 Å². The van der Waals surface area contributed by atoms with E-state index in [4.69, 9.17) is 26.8 Å². The Morgan fingerprint density at radius 1 is 1.24 bits per heavy atom. The van der Waals surface area contributed by atoms with E-state index in [9.17, 15) is 0 Å². The van der Waals surface area contributed by atoms with Gasteiger partial charge in [-0.1, -0.05) is 11.6 Å². The van der Waals surface area contributed by atoms with Crippen molar-refractivity contribution < 1.29 is 9.47 Å². The molecule has 1 heterocycles. The van der Waals surface area contributed by atoms with Crippen LogP contribution in [0.5, 0.6) is 0 Å². The molecule has 17 heavy (non-hydrogen) atoms. The second-order valence-corrected chi connectivity index (χ2v) is 3.75. The summed E-state index contributed by atoms with van der Waals surface area (Å²) in [5, 5.41) is 0.361. The quantitative estimate of drug-likeness (QED) is 0.782. The second kappa shape index (κ2) is 7.26. The molecule has 1 aromatic rings. The van der Waals surface area contributed by atoms with E-state index in [0.717, 1.165) is 0 Å². The van der Waals surface area contributed by atoms with Crippen molar-refractivity contribution in [2.75, 3.05) is 51.2 Å². The molecule has 0 saturated carbocycles. The molecule has 0 aliphatic heterocycles. The summed E-state index contributed by atoms with van der Waals surface area (Å²) in [6.45, 7) is 2.47. The van der Waals surface area contributed by atoms with Gasteiger partial charge in [0.25, 0.3) is 0 Å². The molecule has 2 N–H and O–H groups in total. The number of hydrogen-bond donors (Lipinski definition) is 1. The molecular weight excluding hydrogens is 244 g/mol. The predicted molar refractivity (Wildman–Crippen MR) is 67.4 cm³/mol. The lowest BCUT2D eigenvalue weighted by atomic mass is 10.4. The summed E-state index contributed by atoms with van der Waals surface area (Å²) in [5.41, 5.74) is 5.64. The molecule has 6 nitrogen and oxygen atoms in total. The first-order chi connectivity index (χ1) is 8.20. The maximum absolute atomic E-state index is 6.07. The van der Waals surface area contributed by atoms with Crippen LogP contribution in [0.4, 0.5) is 11.6 Å². The standard InChI is InChI=1S/C10H17ClN4O2/c1-16-5-3-15(4-6-17-2)10-8(11)9(12)13-7-14-10/h7H,3-6H2,1-2H3,(H2,12,13,14). The lowest BCUT2D eigenvalue weighted by Gasteiger charge is -2.23. The number of nitrogens with two attached hydrogens (primary N) is 1. The highest BCUT2D eigenvalue weighted by atomic mass is 35.5. The summed E-state index contributed by atoms with van der Waals surface area (Å²) >= 11 is 6.07. The summed E-state index contributed by atoms with van der Waals surface area (Å²) in [4.78, 5) is 9.92. The molecule has 0 spiro atoms. The van der Waals surface area contributed by atoms with Crippen molar-refractivity contribution in [2.24, 2.45) is 0 Å². The minimum Gasteiger partial charge on any atom is -0.383 e. The zero-order valence-corrected chi connectivity index (χ0v) is 10.8. The summed E-state index contributed by atoms with van der Waals surface area (Å²) in [6, 6.07) is 0. The normalized spacial score (nSPS) is 10.5. The SMILES string of the molecule is COCCN(CCOC)c1ncnc(N)c1Cl. The first kappa shape index (κ1) is 14.0. The van der Waals surface area contributed by atoms with Gasteiger partial charge in [-0.3, -0.25) is 0 Å².